The van der Waals surface area contributed by atoms with Crippen molar-refractivity contribution in [3.05, 3.63) is 146 Å². The van der Waals surface area contributed by atoms with Crippen LogP contribution in [-0.2, 0) is 0 Å². The zero-order chi connectivity index (χ0) is 31.6. The molecule has 0 radical (unpaired) electrons. The van der Waals surface area contributed by atoms with E-state index in [2.05, 4.69) is 48.5 Å². The monoisotopic (exact) mass is 616 g/mol. The van der Waals surface area contributed by atoms with Gasteiger partial charge in [-0.25, -0.2) is 15.0 Å². The first-order valence-electron chi connectivity index (χ1n) is 15.8. The lowest BCUT2D eigenvalue weighted by molar-refractivity contribution is 0.668. The molecule has 0 saturated heterocycles. The summed E-state index contributed by atoms with van der Waals surface area (Å²) in [4.78, 5) is 20.3. The largest absolute Gasteiger partial charge is 0.456 e. The predicted molar refractivity (Wildman–Crippen MR) is 191 cm³/mol. The van der Waals surface area contributed by atoms with Crippen LogP contribution in [0.2, 0.25) is 0 Å². The summed E-state index contributed by atoms with van der Waals surface area (Å²) in [7, 11) is 0. The Hall–Kier alpha value is -6.66. The lowest BCUT2D eigenvalue weighted by Gasteiger charge is -2.12. The lowest BCUT2D eigenvalue weighted by Crippen LogP contribution is -2.01. The van der Waals surface area contributed by atoms with E-state index in [1.807, 2.05) is 91.0 Å². The molecule has 0 unspecified atom stereocenters. The Morgan fingerprint density at radius 1 is 0.396 bits per heavy atom. The minimum atomic E-state index is 0.552. The van der Waals surface area contributed by atoms with Gasteiger partial charge in [0, 0.05) is 44.6 Å². The smallest absolute Gasteiger partial charge is 0.164 e. The van der Waals surface area contributed by atoms with Gasteiger partial charge < -0.3 is 8.83 Å². The van der Waals surface area contributed by atoms with Gasteiger partial charge in [0.05, 0.1) is 11.1 Å². The predicted octanol–water partition coefficient (Wildman–Crippen LogP) is 10.9. The maximum atomic E-state index is 6.40. The SMILES string of the molecule is c1ccc(-c2nc(-c3ccccc3-c3nccc4oc5cc6ccccc6cc5c34)nc(-c3cccc4oc5ccccc5c34)n2)cc1. The molecule has 0 fully saturated rings. The summed E-state index contributed by atoms with van der Waals surface area (Å²) in [5.41, 5.74) is 7.54. The molecule has 6 nitrogen and oxygen atoms in total. The van der Waals surface area contributed by atoms with E-state index in [-0.39, 0.29) is 0 Å². The Morgan fingerprint density at radius 3 is 1.90 bits per heavy atom. The van der Waals surface area contributed by atoms with E-state index >= 15 is 0 Å². The van der Waals surface area contributed by atoms with Gasteiger partial charge in [-0.3, -0.25) is 4.98 Å². The summed E-state index contributed by atoms with van der Waals surface area (Å²) in [6.45, 7) is 0. The second-order valence-corrected chi connectivity index (χ2v) is 11.8. The van der Waals surface area contributed by atoms with Crippen LogP contribution in [-0.4, -0.2) is 19.9 Å². The van der Waals surface area contributed by atoms with Crippen molar-refractivity contribution < 1.29 is 8.83 Å². The number of furan rings is 2. The fourth-order valence-corrected chi connectivity index (χ4v) is 6.79. The number of rotatable bonds is 4. The van der Waals surface area contributed by atoms with Crippen LogP contribution >= 0.6 is 0 Å². The van der Waals surface area contributed by atoms with Gasteiger partial charge >= 0.3 is 0 Å². The van der Waals surface area contributed by atoms with Crippen molar-refractivity contribution in [1.29, 1.82) is 0 Å². The fourth-order valence-electron chi connectivity index (χ4n) is 6.79. The quantitative estimate of drug-likeness (QED) is 0.196. The number of pyridine rings is 1. The standard InChI is InChI=1S/C42H24N4O2/c1-2-11-25(12-3-1)40-44-41(46-42(45-40)31-18-10-20-34-37(31)30-17-8-9-19-33(30)47-34)29-16-7-6-15-28(29)39-38-32-23-26-13-4-5-14-27(26)24-36(32)48-35(38)21-22-43-39/h1-24H. The van der Waals surface area contributed by atoms with Crippen molar-refractivity contribution >= 4 is 54.6 Å². The van der Waals surface area contributed by atoms with E-state index in [4.69, 9.17) is 28.8 Å². The van der Waals surface area contributed by atoms with Crippen molar-refractivity contribution in [2.45, 2.75) is 0 Å². The van der Waals surface area contributed by atoms with Crippen LogP contribution in [0.4, 0.5) is 0 Å². The third kappa shape index (κ3) is 4.13. The molecule has 0 aliphatic heterocycles. The van der Waals surface area contributed by atoms with Crippen molar-refractivity contribution in [2.24, 2.45) is 0 Å². The van der Waals surface area contributed by atoms with Crippen LogP contribution in [0, 0.1) is 0 Å². The van der Waals surface area contributed by atoms with Crippen LogP contribution in [0.1, 0.15) is 0 Å². The second kappa shape index (κ2) is 10.4. The highest BCUT2D eigenvalue weighted by Gasteiger charge is 2.21. The molecule has 48 heavy (non-hydrogen) atoms. The Kier molecular flexibility index (Phi) is 5.77. The summed E-state index contributed by atoms with van der Waals surface area (Å²) in [6.07, 6.45) is 1.80. The number of fused-ring (bicyclic) bond motifs is 7. The summed E-state index contributed by atoms with van der Waals surface area (Å²) < 4.78 is 12.6. The molecule has 10 rings (SSSR count). The number of hydrogen-bond donors (Lipinski definition) is 0. The molecule has 0 aliphatic carbocycles. The van der Waals surface area contributed by atoms with E-state index in [1.165, 1.54) is 0 Å². The van der Waals surface area contributed by atoms with E-state index in [1.54, 1.807) is 6.20 Å². The Balaban J connectivity index is 1.24. The molecule has 4 aromatic heterocycles. The molecular weight excluding hydrogens is 592 g/mol. The Labute approximate surface area is 274 Å². The van der Waals surface area contributed by atoms with Crippen LogP contribution in [0.25, 0.3) is 100 Å². The van der Waals surface area contributed by atoms with Crippen LogP contribution in [0.15, 0.2) is 155 Å². The molecule has 6 aromatic carbocycles. The molecule has 0 atom stereocenters. The van der Waals surface area contributed by atoms with Crippen LogP contribution < -0.4 is 0 Å². The first-order valence-corrected chi connectivity index (χ1v) is 15.8. The van der Waals surface area contributed by atoms with Gasteiger partial charge in [0.25, 0.3) is 0 Å². The average Bonchev–Trinajstić information content (AvgIpc) is 3.72. The molecule has 0 amide bonds. The van der Waals surface area contributed by atoms with Crippen molar-refractivity contribution in [2.75, 3.05) is 0 Å². The van der Waals surface area contributed by atoms with Gasteiger partial charge in [-0.15, -0.1) is 0 Å². The fraction of sp³-hybridized carbons (Fsp3) is 0. The topological polar surface area (TPSA) is 77.8 Å². The second-order valence-electron chi connectivity index (χ2n) is 11.8. The minimum Gasteiger partial charge on any atom is -0.456 e. The number of para-hydroxylation sites is 1. The highest BCUT2D eigenvalue weighted by atomic mass is 16.3. The van der Waals surface area contributed by atoms with E-state index in [0.717, 1.165) is 82.6 Å². The minimum absolute atomic E-state index is 0.552. The third-order valence-electron chi connectivity index (χ3n) is 8.98. The summed E-state index contributed by atoms with van der Waals surface area (Å²) >= 11 is 0. The van der Waals surface area contributed by atoms with E-state index < -0.39 is 0 Å². The van der Waals surface area contributed by atoms with Gasteiger partial charge in [0.15, 0.2) is 17.5 Å². The summed E-state index contributed by atoms with van der Waals surface area (Å²) in [6, 6.07) is 46.8. The van der Waals surface area contributed by atoms with Gasteiger partial charge in [-0.05, 0) is 41.1 Å². The van der Waals surface area contributed by atoms with Gasteiger partial charge in [-0.1, -0.05) is 109 Å². The van der Waals surface area contributed by atoms with Gasteiger partial charge in [-0.2, -0.15) is 0 Å². The Morgan fingerprint density at radius 2 is 1.02 bits per heavy atom. The molecule has 224 valence electrons. The number of hydrogen-bond acceptors (Lipinski definition) is 6. The third-order valence-corrected chi connectivity index (χ3v) is 8.98. The van der Waals surface area contributed by atoms with Crippen molar-refractivity contribution in [3.63, 3.8) is 0 Å². The number of benzene rings is 6. The zero-order valence-electron chi connectivity index (χ0n) is 25.5. The van der Waals surface area contributed by atoms with E-state index in [0.29, 0.717) is 17.5 Å². The molecule has 0 bridgehead atoms. The average molecular weight is 617 g/mol. The molecule has 4 heterocycles. The summed E-state index contributed by atoms with van der Waals surface area (Å²) in [5.74, 6) is 1.70. The molecule has 0 N–H and O–H groups in total. The molecule has 10 aromatic rings. The lowest BCUT2D eigenvalue weighted by atomic mass is 9.98. The highest BCUT2D eigenvalue weighted by Crippen LogP contribution is 2.41. The maximum Gasteiger partial charge on any atom is 0.164 e. The molecule has 6 heteroatoms. The van der Waals surface area contributed by atoms with Gasteiger partial charge in [0.1, 0.15) is 22.3 Å². The maximum absolute atomic E-state index is 6.40. The molecular formula is C42H24N4O2. The number of nitrogens with zero attached hydrogens (tertiary/aromatic N) is 4. The first kappa shape index (κ1) is 26.5. The zero-order valence-corrected chi connectivity index (χ0v) is 25.5. The van der Waals surface area contributed by atoms with E-state index in [9.17, 15) is 0 Å². The van der Waals surface area contributed by atoms with Crippen LogP contribution in [0.3, 0.4) is 0 Å². The highest BCUT2D eigenvalue weighted by molar-refractivity contribution is 6.15. The van der Waals surface area contributed by atoms with Gasteiger partial charge in [0.2, 0.25) is 0 Å². The summed E-state index contributed by atoms with van der Waals surface area (Å²) in [5, 5.41) is 6.24. The van der Waals surface area contributed by atoms with Crippen molar-refractivity contribution in [3.8, 4) is 45.4 Å². The molecule has 0 spiro atoms. The van der Waals surface area contributed by atoms with Crippen molar-refractivity contribution in [1.82, 2.24) is 19.9 Å². The normalized spacial score (nSPS) is 11.8. The molecule has 0 saturated carbocycles. The number of aromatic nitrogens is 4. The first-order chi connectivity index (χ1) is 23.8. The van der Waals surface area contributed by atoms with Crippen LogP contribution in [0.5, 0.6) is 0 Å². The molecule has 0 aliphatic rings. The Bertz CT molecular complexity index is 2850.